The second kappa shape index (κ2) is 4.53. The zero-order chi connectivity index (χ0) is 13.4. The molecular formula is C15H16N2O2. The first kappa shape index (κ1) is 12.0. The summed E-state index contributed by atoms with van der Waals surface area (Å²) >= 11 is 0. The molecule has 1 aliphatic rings. The summed E-state index contributed by atoms with van der Waals surface area (Å²) in [5.41, 5.74) is 2.13. The molecule has 1 atom stereocenters. The van der Waals surface area contributed by atoms with Gasteiger partial charge in [0, 0.05) is 36.3 Å². The predicted molar refractivity (Wildman–Crippen MR) is 74.2 cm³/mol. The van der Waals surface area contributed by atoms with Crippen molar-refractivity contribution in [3.8, 4) is 0 Å². The minimum atomic E-state index is -0.704. The molecule has 0 aliphatic carbocycles. The normalized spacial score (nSPS) is 17.2. The van der Waals surface area contributed by atoms with Crippen LogP contribution in [0.3, 0.4) is 0 Å². The molecule has 98 valence electrons. The second-order valence-electron chi connectivity index (χ2n) is 5.14. The molecule has 1 aromatic carbocycles. The molecule has 4 nitrogen and oxygen atoms in total. The van der Waals surface area contributed by atoms with Crippen LogP contribution in [-0.4, -0.2) is 29.1 Å². The van der Waals surface area contributed by atoms with Crippen molar-refractivity contribution in [2.24, 2.45) is 11.8 Å². The summed E-state index contributed by atoms with van der Waals surface area (Å²) in [6.07, 6.45) is 1.81. The van der Waals surface area contributed by atoms with Crippen LogP contribution in [0, 0.1) is 11.8 Å². The van der Waals surface area contributed by atoms with E-state index < -0.39 is 5.97 Å². The van der Waals surface area contributed by atoms with Crippen LogP contribution >= 0.6 is 0 Å². The predicted octanol–water partition coefficient (Wildman–Crippen LogP) is 2.39. The van der Waals surface area contributed by atoms with Gasteiger partial charge in [-0.3, -0.25) is 9.78 Å². The molecule has 0 amide bonds. The lowest BCUT2D eigenvalue weighted by Crippen LogP contribution is -2.51. The van der Waals surface area contributed by atoms with E-state index in [9.17, 15) is 4.79 Å². The molecule has 1 aromatic heterocycles. The molecule has 0 radical (unpaired) electrons. The zero-order valence-electron chi connectivity index (χ0n) is 10.8. The standard InChI is InChI=1S/C15H16N2O2/c1-10(15(18)19)11-8-17(9-11)14-6-7-16-13-5-3-2-4-12(13)14/h2-7,10-11H,8-9H2,1H3,(H,18,19). The van der Waals surface area contributed by atoms with E-state index in [1.165, 1.54) is 0 Å². The minimum Gasteiger partial charge on any atom is -0.481 e. The summed E-state index contributed by atoms with van der Waals surface area (Å²) in [6, 6.07) is 10.0. The van der Waals surface area contributed by atoms with E-state index in [2.05, 4.69) is 16.0 Å². The number of aliphatic carboxylic acids is 1. The Morgan fingerprint density at radius 1 is 1.37 bits per heavy atom. The fourth-order valence-corrected chi connectivity index (χ4v) is 2.58. The molecule has 0 saturated carbocycles. The fourth-order valence-electron chi connectivity index (χ4n) is 2.58. The van der Waals surface area contributed by atoms with Crippen LogP contribution in [0.15, 0.2) is 36.5 Å². The lowest BCUT2D eigenvalue weighted by Gasteiger charge is -2.43. The monoisotopic (exact) mass is 256 g/mol. The Kier molecular flexibility index (Phi) is 2.85. The summed E-state index contributed by atoms with van der Waals surface area (Å²) in [4.78, 5) is 17.5. The van der Waals surface area contributed by atoms with Crippen LogP contribution in [0.2, 0.25) is 0 Å². The number of carbonyl (C=O) groups is 1. The van der Waals surface area contributed by atoms with Gasteiger partial charge < -0.3 is 10.0 Å². The van der Waals surface area contributed by atoms with Crippen molar-refractivity contribution in [3.05, 3.63) is 36.5 Å². The van der Waals surface area contributed by atoms with E-state index in [1.807, 2.05) is 30.5 Å². The Morgan fingerprint density at radius 3 is 2.84 bits per heavy atom. The lowest BCUT2D eigenvalue weighted by molar-refractivity contribution is -0.143. The molecule has 2 aromatic rings. The third-order valence-corrected chi connectivity index (χ3v) is 3.97. The fraction of sp³-hybridized carbons (Fsp3) is 0.333. The van der Waals surface area contributed by atoms with Crippen molar-refractivity contribution >= 4 is 22.6 Å². The van der Waals surface area contributed by atoms with E-state index >= 15 is 0 Å². The maximum Gasteiger partial charge on any atom is 0.306 e. The van der Waals surface area contributed by atoms with Gasteiger partial charge in [0.25, 0.3) is 0 Å². The Balaban J connectivity index is 1.83. The van der Waals surface area contributed by atoms with Crippen molar-refractivity contribution in [3.63, 3.8) is 0 Å². The SMILES string of the molecule is CC(C(=O)O)C1CN(c2ccnc3ccccc23)C1. The quantitative estimate of drug-likeness (QED) is 0.916. The van der Waals surface area contributed by atoms with Crippen LogP contribution in [-0.2, 0) is 4.79 Å². The highest BCUT2D eigenvalue weighted by atomic mass is 16.4. The van der Waals surface area contributed by atoms with Gasteiger partial charge in [-0.15, -0.1) is 0 Å². The molecule has 19 heavy (non-hydrogen) atoms. The lowest BCUT2D eigenvalue weighted by atomic mass is 9.86. The molecule has 1 N–H and O–H groups in total. The van der Waals surface area contributed by atoms with Gasteiger partial charge in [0.15, 0.2) is 0 Å². The Labute approximate surface area is 111 Å². The third-order valence-electron chi connectivity index (χ3n) is 3.97. The van der Waals surface area contributed by atoms with Gasteiger partial charge in [-0.25, -0.2) is 0 Å². The molecule has 1 unspecified atom stereocenters. The van der Waals surface area contributed by atoms with E-state index in [4.69, 9.17) is 5.11 Å². The minimum absolute atomic E-state index is 0.240. The van der Waals surface area contributed by atoms with Crippen LogP contribution in [0.25, 0.3) is 10.9 Å². The number of hydrogen-bond acceptors (Lipinski definition) is 3. The molecule has 0 bridgehead atoms. The van der Waals surface area contributed by atoms with Crippen LogP contribution in [0.4, 0.5) is 5.69 Å². The van der Waals surface area contributed by atoms with E-state index in [0.717, 1.165) is 29.7 Å². The average molecular weight is 256 g/mol. The third kappa shape index (κ3) is 2.03. The number of pyridine rings is 1. The van der Waals surface area contributed by atoms with Gasteiger partial charge in [0.2, 0.25) is 0 Å². The highest BCUT2D eigenvalue weighted by Gasteiger charge is 2.35. The maximum absolute atomic E-state index is 11.0. The van der Waals surface area contributed by atoms with Gasteiger partial charge in [0.05, 0.1) is 11.4 Å². The Bertz CT molecular complexity index is 615. The molecule has 1 saturated heterocycles. The van der Waals surface area contributed by atoms with Crippen molar-refractivity contribution in [1.29, 1.82) is 0 Å². The zero-order valence-corrected chi connectivity index (χ0v) is 10.8. The van der Waals surface area contributed by atoms with E-state index in [1.54, 1.807) is 6.92 Å². The highest BCUT2D eigenvalue weighted by molar-refractivity contribution is 5.91. The molecule has 0 spiro atoms. The van der Waals surface area contributed by atoms with Crippen molar-refractivity contribution in [1.82, 2.24) is 4.98 Å². The summed E-state index contributed by atoms with van der Waals surface area (Å²) in [6.45, 7) is 3.40. The van der Waals surface area contributed by atoms with E-state index in [0.29, 0.717) is 0 Å². The number of para-hydroxylation sites is 1. The first-order valence-electron chi connectivity index (χ1n) is 6.48. The maximum atomic E-state index is 11.0. The van der Waals surface area contributed by atoms with Gasteiger partial charge >= 0.3 is 5.97 Å². The van der Waals surface area contributed by atoms with Gasteiger partial charge in [0.1, 0.15) is 0 Å². The molecule has 1 fully saturated rings. The molecular weight excluding hydrogens is 240 g/mol. The average Bonchev–Trinajstić information content (AvgIpc) is 2.37. The van der Waals surface area contributed by atoms with Crippen LogP contribution < -0.4 is 4.90 Å². The number of rotatable bonds is 3. The number of nitrogens with zero attached hydrogens (tertiary/aromatic N) is 2. The number of anilines is 1. The van der Waals surface area contributed by atoms with Gasteiger partial charge in [-0.1, -0.05) is 25.1 Å². The van der Waals surface area contributed by atoms with Gasteiger partial charge in [-0.05, 0) is 12.1 Å². The first-order valence-corrected chi connectivity index (χ1v) is 6.48. The Morgan fingerprint density at radius 2 is 2.11 bits per heavy atom. The summed E-state index contributed by atoms with van der Waals surface area (Å²) in [5.74, 6) is -0.738. The van der Waals surface area contributed by atoms with Crippen molar-refractivity contribution < 1.29 is 9.90 Å². The van der Waals surface area contributed by atoms with Crippen molar-refractivity contribution in [2.75, 3.05) is 18.0 Å². The summed E-state index contributed by atoms with van der Waals surface area (Å²) in [5, 5.41) is 10.1. The molecule has 1 aliphatic heterocycles. The second-order valence-corrected chi connectivity index (χ2v) is 5.14. The number of aromatic nitrogens is 1. The number of fused-ring (bicyclic) bond motifs is 1. The largest absolute Gasteiger partial charge is 0.481 e. The molecule has 3 rings (SSSR count). The number of carboxylic acids is 1. The molecule has 4 heteroatoms. The topological polar surface area (TPSA) is 53.4 Å². The summed E-state index contributed by atoms with van der Waals surface area (Å²) < 4.78 is 0. The molecule has 2 heterocycles. The smallest absolute Gasteiger partial charge is 0.306 e. The Hall–Kier alpha value is -2.10. The first-order chi connectivity index (χ1) is 9.16. The number of hydrogen-bond donors (Lipinski definition) is 1. The van der Waals surface area contributed by atoms with Crippen LogP contribution in [0.5, 0.6) is 0 Å². The van der Waals surface area contributed by atoms with E-state index in [-0.39, 0.29) is 11.8 Å². The highest BCUT2D eigenvalue weighted by Crippen LogP contribution is 2.33. The number of carboxylic acid groups (broad SMARTS) is 1. The van der Waals surface area contributed by atoms with Gasteiger partial charge in [-0.2, -0.15) is 0 Å². The van der Waals surface area contributed by atoms with Crippen LogP contribution in [0.1, 0.15) is 6.92 Å². The number of benzene rings is 1. The van der Waals surface area contributed by atoms with Crippen molar-refractivity contribution in [2.45, 2.75) is 6.92 Å². The summed E-state index contributed by atoms with van der Waals surface area (Å²) in [7, 11) is 0.